The van der Waals surface area contributed by atoms with Crippen LogP contribution in [0.25, 0.3) is 11.3 Å². The topological polar surface area (TPSA) is 97.9 Å². The van der Waals surface area contributed by atoms with Crippen molar-refractivity contribution in [1.82, 2.24) is 24.3 Å². The predicted octanol–water partition coefficient (Wildman–Crippen LogP) is 3.86. The Labute approximate surface area is 194 Å². The molecule has 4 aromatic rings. The summed E-state index contributed by atoms with van der Waals surface area (Å²) >= 11 is 5.79. The molecule has 0 aliphatic heterocycles. The summed E-state index contributed by atoms with van der Waals surface area (Å²) in [7, 11) is 1.81. The lowest BCUT2D eigenvalue weighted by atomic mass is 10.0. The van der Waals surface area contributed by atoms with E-state index in [0.717, 1.165) is 11.5 Å². The summed E-state index contributed by atoms with van der Waals surface area (Å²) < 4.78 is 17.1. The number of pyridine rings is 1. The number of benzene rings is 1. The highest BCUT2D eigenvalue weighted by molar-refractivity contribution is 6.30. The van der Waals surface area contributed by atoms with Gasteiger partial charge in [-0.2, -0.15) is 5.10 Å². The average Bonchev–Trinajstić information content (AvgIpc) is 3.11. The lowest BCUT2D eigenvalue weighted by Crippen LogP contribution is -2.25. The van der Waals surface area contributed by atoms with Crippen molar-refractivity contribution in [2.75, 3.05) is 11.9 Å². The van der Waals surface area contributed by atoms with Crippen LogP contribution in [0, 0.1) is 12.7 Å². The highest BCUT2D eigenvalue weighted by atomic mass is 35.5. The second-order valence-electron chi connectivity index (χ2n) is 7.55. The van der Waals surface area contributed by atoms with Crippen molar-refractivity contribution >= 4 is 23.4 Å². The maximum absolute atomic E-state index is 14.0. The zero-order valence-corrected chi connectivity index (χ0v) is 18.8. The molecule has 0 bridgehead atoms. The molecule has 8 nitrogen and oxygen atoms in total. The zero-order valence-electron chi connectivity index (χ0n) is 18.0. The first-order chi connectivity index (χ1) is 15.9. The molecule has 0 radical (unpaired) electrons. The third-order valence-electron chi connectivity index (χ3n) is 5.21. The standard InChI is InChI=1S/C23H22ClFN6O2/c1-14-11-21(30(2)29-14)28-23-26-8-5-19(27-23)15-6-9-31(22(33)13-15)20(7-10-32)16-3-4-17(24)18(25)12-16/h3-6,8-9,11-13,20,32H,7,10H2,1-2H3,(H,26,27,28)/t20-/m1/s1. The van der Waals surface area contributed by atoms with E-state index in [1.165, 1.54) is 22.8 Å². The number of hydrogen-bond donors (Lipinski definition) is 2. The number of aromatic nitrogens is 5. The van der Waals surface area contributed by atoms with Crippen LogP contribution >= 0.6 is 11.6 Å². The number of aliphatic hydroxyl groups excluding tert-OH is 1. The minimum atomic E-state index is -0.577. The molecular weight excluding hydrogens is 447 g/mol. The zero-order chi connectivity index (χ0) is 23.5. The second kappa shape index (κ2) is 9.51. The van der Waals surface area contributed by atoms with Gasteiger partial charge in [0, 0.05) is 43.7 Å². The fraction of sp³-hybridized carbons (Fsp3) is 0.217. The molecule has 0 fully saturated rings. The van der Waals surface area contributed by atoms with Gasteiger partial charge < -0.3 is 15.0 Å². The minimum absolute atomic E-state index is 0.00125. The summed E-state index contributed by atoms with van der Waals surface area (Å²) in [5.41, 5.74) is 2.26. The molecule has 33 heavy (non-hydrogen) atoms. The Bertz CT molecular complexity index is 1350. The summed E-state index contributed by atoms with van der Waals surface area (Å²) in [6, 6.07) is 10.6. The van der Waals surface area contributed by atoms with Crippen molar-refractivity contribution < 1.29 is 9.50 Å². The third-order valence-corrected chi connectivity index (χ3v) is 5.51. The SMILES string of the molecule is Cc1cc(Nc2nccc(-c3ccn([C@H](CCO)c4ccc(Cl)c(F)c4)c(=O)c3)n2)n(C)n1. The molecule has 1 aromatic carbocycles. The van der Waals surface area contributed by atoms with Crippen LogP contribution in [0.15, 0.2) is 59.7 Å². The van der Waals surface area contributed by atoms with Gasteiger partial charge in [0.2, 0.25) is 5.95 Å². The Kier molecular flexibility index (Phi) is 6.52. The number of anilines is 2. The maximum Gasteiger partial charge on any atom is 0.251 e. The van der Waals surface area contributed by atoms with Crippen LogP contribution in [0.5, 0.6) is 0 Å². The van der Waals surface area contributed by atoms with E-state index in [0.29, 0.717) is 22.8 Å². The molecule has 2 N–H and O–H groups in total. The van der Waals surface area contributed by atoms with Gasteiger partial charge in [-0.3, -0.25) is 9.48 Å². The van der Waals surface area contributed by atoms with E-state index < -0.39 is 11.9 Å². The smallest absolute Gasteiger partial charge is 0.251 e. The molecule has 0 saturated heterocycles. The summed E-state index contributed by atoms with van der Waals surface area (Å²) in [5.74, 6) is 0.531. The molecule has 10 heteroatoms. The van der Waals surface area contributed by atoms with Gasteiger partial charge in [-0.05, 0) is 43.2 Å². The van der Waals surface area contributed by atoms with Gasteiger partial charge in [-0.1, -0.05) is 17.7 Å². The molecule has 0 unspecified atom stereocenters. The third kappa shape index (κ3) is 4.94. The van der Waals surface area contributed by atoms with Crippen LogP contribution in [0.4, 0.5) is 16.2 Å². The predicted molar refractivity (Wildman–Crippen MR) is 124 cm³/mol. The molecule has 3 aromatic heterocycles. The molecule has 0 aliphatic carbocycles. The first kappa shape index (κ1) is 22.6. The Hall–Kier alpha value is -3.56. The number of nitrogens with zero attached hydrogens (tertiary/aromatic N) is 5. The van der Waals surface area contributed by atoms with E-state index in [1.54, 1.807) is 35.3 Å². The summed E-state index contributed by atoms with van der Waals surface area (Å²) in [5, 5.41) is 16.9. The van der Waals surface area contributed by atoms with E-state index in [2.05, 4.69) is 20.4 Å². The molecular formula is C23H22ClFN6O2. The number of rotatable bonds is 7. The van der Waals surface area contributed by atoms with Crippen LogP contribution in [-0.4, -0.2) is 36.0 Å². The Morgan fingerprint density at radius 2 is 2.03 bits per heavy atom. The van der Waals surface area contributed by atoms with Crippen LogP contribution in [0.1, 0.15) is 23.7 Å². The minimum Gasteiger partial charge on any atom is -0.396 e. The molecule has 0 amide bonds. The van der Waals surface area contributed by atoms with E-state index >= 15 is 0 Å². The van der Waals surface area contributed by atoms with E-state index in [9.17, 15) is 14.3 Å². The van der Waals surface area contributed by atoms with Crippen molar-refractivity contribution in [2.45, 2.75) is 19.4 Å². The molecule has 0 spiro atoms. The van der Waals surface area contributed by atoms with Crippen molar-refractivity contribution in [1.29, 1.82) is 0 Å². The van der Waals surface area contributed by atoms with Crippen molar-refractivity contribution in [3.63, 3.8) is 0 Å². The van der Waals surface area contributed by atoms with Crippen LogP contribution in [0.2, 0.25) is 5.02 Å². The van der Waals surface area contributed by atoms with Gasteiger partial charge in [-0.15, -0.1) is 0 Å². The Balaban J connectivity index is 1.65. The van der Waals surface area contributed by atoms with E-state index in [-0.39, 0.29) is 23.6 Å². The maximum atomic E-state index is 14.0. The van der Waals surface area contributed by atoms with Gasteiger partial charge in [0.1, 0.15) is 11.6 Å². The number of aliphatic hydroxyl groups is 1. The number of nitrogens with one attached hydrogen (secondary N) is 1. The highest BCUT2D eigenvalue weighted by Gasteiger charge is 2.17. The summed E-state index contributed by atoms with van der Waals surface area (Å²) in [6.45, 7) is 1.72. The summed E-state index contributed by atoms with van der Waals surface area (Å²) in [6.07, 6.45) is 3.46. The van der Waals surface area contributed by atoms with Gasteiger partial charge in [0.25, 0.3) is 5.56 Å². The molecule has 170 valence electrons. The van der Waals surface area contributed by atoms with Gasteiger partial charge >= 0.3 is 0 Å². The van der Waals surface area contributed by atoms with Crippen molar-refractivity contribution in [3.05, 3.63) is 87.3 Å². The molecule has 1 atom stereocenters. The normalized spacial score (nSPS) is 12.0. The number of hydrogen-bond acceptors (Lipinski definition) is 6. The van der Waals surface area contributed by atoms with Gasteiger partial charge in [0.05, 0.1) is 22.5 Å². The van der Waals surface area contributed by atoms with Crippen LogP contribution in [-0.2, 0) is 7.05 Å². The molecule has 3 heterocycles. The second-order valence-corrected chi connectivity index (χ2v) is 7.95. The average molecular weight is 469 g/mol. The fourth-order valence-electron chi connectivity index (χ4n) is 3.64. The van der Waals surface area contributed by atoms with Crippen LogP contribution in [0.3, 0.4) is 0 Å². The van der Waals surface area contributed by atoms with Crippen molar-refractivity contribution in [2.24, 2.45) is 7.05 Å². The molecule has 4 rings (SSSR count). The van der Waals surface area contributed by atoms with E-state index in [4.69, 9.17) is 11.6 Å². The number of halogens is 2. The molecule has 0 aliphatic rings. The largest absolute Gasteiger partial charge is 0.396 e. The van der Waals surface area contributed by atoms with Gasteiger partial charge in [0.15, 0.2) is 0 Å². The Morgan fingerprint density at radius 1 is 1.21 bits per heavy atom. The van der Waals surface area contributed by atoms with Crippen molar-refractivity contribution in [3.8, 4) is 11.3 Å². The summed E-state index contributed by atoms with van der Waals surface area (Å²) in [4.78, 5) is 21.7. The molecule has 0 saturated carbocycles. The highest BCUT2D eigenvalue weighted by Crippen LogP contribution is 2.26. The van der Waals surface area contributed by atoms with E-state index in [1.807, 2.05) is 20.0 Å². The number of aryl methyl sites for hydroxylation is 2. The first-order valence-corrected chi connectivity index (χ1v) is 10.6. The van der Waals surface area contributed by atoms with Gasteiger partial charge in [-0.25, -0.2) is 14.4 Å². The first-order valence-electron chi connectivity index (χ1n) is 10.2. The van der Waals surface area contributed by atoms with Crippen LogP contribution < -0.4 is 10.9 Å². The monoisotopic (exact) mass is 468 g/mol. The quantitative estimate of drug-likeness (QED) is 0.427. The lowest BCUT2D eigenvalue weighted by molar-refractivity contribution is 0.266. The fourth-order valence-corrected chi connectivity index (χ4v) is 3.75. The lowest BCUT2D eigenvalue weighted by Gasteiger charge is -2.20. The Morgan fingerprint density at radius 3 is 2.70 bits per heavy atom.